The van der Waals surface area contributed by atoms with Crippen molar-refractivity contribution in [1.82, 2.24) is 10.2 Å². The standard InChI is InChI=1S/C37H40BrN3O5S/c1-27-17-19-31(20-18-27)41(47(44,45)32-21-22-35(46-2)33(38)24-32)26-36(42)40(25-29-13-7-4-8-14-29)34(23-28-11-5-3-6-12-28)37(43)39-30-15-9-10-16-30/h3-8,11-14,17-22,24,30,34H,9-10,15-16,23,25-26H2,1-2H3,(H,39,43)/t34-/m0/s1. The van der Waals surface area contributed by atoms with Crippen molar-refractivity contribution in [3.05, 3.63) is 124 Å². The van der Waals surface area contributed by atoms with Crippen molar-refractivity contribution < 1.29 is 22.7 Å². The molecule has 0 bridgehead atoms. The molecule has 0 radical (unpaired) electrons. The van der Waals surface area contributed by atoms with Crippen molar-refractivity contribution in [2.24, 2.45) is 0 Å². The Morgan fingerprint density at radius 1 is 0.894 bits per heavy atom. The van der Waals surface area contributed by atoms with Crippen molar-refractivity contribution in [1.29, 1.82) is 0 Å². The third-order valence-corrected chi connectivity index (χ3v) is 10.9. The zero-order valence-electron chi connectivity index (χ0n) is 26.6. The van der Waals surface area contributed by atoms with Crippen molar-refractivity contribution in [2.45, 2.75) is 62.6 Å². The summed E-state index contributed by atoms with van der Waals surface area (Å²) in [6.07, 6.45) is 4.17. The maximum absolute atomic E-state index is 14.6. The summed E-state index contributed by atoms with van der Waals surface area (Å²) in [5.74, 6) is -0.255. The van der Waals surface area contributed by atoms with Gasteiger partial charge in [-0.1, -0.05) is 91.2 Å². The lowest BCUT2D eigenvalue weighted by Crippen LogP contribution is -2.54. The molecule has 8 nitrogen and oxygen atoms in total. The number of nitrogens with one attached hydrogen (secondary N) is 1. The molecule has 1 N–H and O–H groups in total. The second-order valence-corrected chi connectivity index (χ2v) is 14.6. The maximum atomic E-state index is 14.6. The van der Waals surface area contributed by atoms with Gasteiger partial charge in [-0.15, -0.1) is 0 Å². The third-order valence-electron chi connectivity index (χ3n) is 8.48. The summed E-state index contributed by atoms with van der Waals surface area (Å²) in [7, 11) is -2.74. The van der Waals surface area contributed by atoms with Crippen LogP contribution in [-0.2, 0) is 32.6 Å². The third kappa shape index (κ3) is 8.61. The predicted octanol–water partition coefficient (Wildman–Crippen LogP) is 6.66. The molecular formula is C37H40BrN3O5S. The summed E-state index contributed by atoms with van der Waals surface area (Å²) in [5, 5.41) is 3.20. The number of nitrogens with zero attached hydrogens (tertiary/aromatic N) is 2. The molecular weight excluding hydrogens is 678 g/mol. The summed E-state index contributed by atoms with van der Waals surface area (Å²) < 4.78 is 35.6. The molecule has 0 unspecified atom stereocenters. The monoisotopic (exact) mass is 717 g/mol. The predicted molar refractivity (Wildman–Crippen MR) is 188 cm³/mol. The second kappa shape index (κ2) is 15.6. The minimum absolute atomic E-state index is 0.00651. The molecule has 2 amide bonds. The Morgan fingerprint density at radius 2 is 1.51 bits per heavy atom. The van der Waals surface area contributed by atoms with Crippen molar-refractivity contribution in [2.75, 3.05) is 18.0 Å². The number of sulfonamides is 1. The number of hydrogen-bond donors (Lipinski definition) is 1. The number of aryl methyl sites for hydroxylation is 1. The Balaban J connectivity index is 1.56. The Kier molecular flexibility index (Phi) is 11.4. The van der Waals surface area contributed by atoms with E-state index in [1.807, 2.05) is 67.6 Å². The first kappa shape index (κ1) is 34.2. The molecule has 10 heteroatoms. The topological polar surface area (TPSA) is 96.0 Å². The van der Waals surface area contributed by atoms with Gasteiger partial charge in [0, 0.05) is 19.0 Å². The molecule has 0 spiro atoms. The van der Waals surface area contributed by atoms with Crippen LogP contribution in [0.1, 0.15) is 42.4 Å². The van der Waals surface area contributed by atoms with E-state index in [1.54, 1.807) is 30.3 Å². The number of ether oxygens (including phenoxy) is 1. The number of carbonyl (C=O) groups excluding carboxylic acids is 2. The number of halogens is 1. The lowest BCUT2D eigenvalue weighted by Gasteiger charge is -2.34. The van der Waals surface area contributed by atoms with Gasteiger partial charge in [0.25, 0.3) is 10.0 Å². The Morgan fingerprint density at radius 3 is 2.11 bits per heavy atom. The number of benzene rings is 4. The van der Waals surface area contributed by atoms with Gasteiger partial charge in [0.05, 0.1) is 22.2 Å². The molecule has 5 rings (SSSR count). The summed E-state index contributed by atoms with van der Waals surface area (Å²) in [6.45, 7) is 1.53. The smallest absolute Gasteiger partial charge is 0.264 e. The van der Waals surface area contributed by atoms with Crippen LogP contribution in [-0.4, -0.2) is 50.9 Å². The molecule has 0 heterocycles. The van der Waals surface area contributed by atoms with Gasteiger partial charge in [0.2, 0.25) is 11.8 Å². The molecule has 1 aliphatic carbocycles. The van der Waals surface area contributed by atoms with E-state index in [2.05, 4.69) is 21.2 Å². The fourth-order valence-electron chi connectivity index (χ4n) is 5.88. The summed E-state index contributed by atoms with van der Waals surface area (Å²) in [5.41, 5.74) is 3.01. The van der Waals surface area contributed by atoms with E-state index in [4.69, 9.17) is 4.74 Å². The van der Waals surface area contributed by atoms with Crippen molar-refractivity contribution in [3.63, 3.8) is 0 Å². The maximum Gasteiger partial charge on any atom is 0.264 e. The van der Waals surface area contributed by atoms with Gasteiger partial charge in [0.1, 0.15) is 18.3 Å². The van der Waals surface area contributed by atoms with Crippen LogP contribution in [0.4, 0.5) is 5.69 Å². The van der Waals surface area contributed by atoms with E-state index >= 15 is 0 Å². The molecule has 0 aromatic heterocycles. The van der Waals surface area contributed by atoms with E-state index in [0.717, 1.165) is 46.7 Å². The minimum Gasteiger partial charge on any atom is -0.496 e. The molecule has 47 heavy (non-hydrogen) atoms. The van der Waals surface area contributed by atoms with E-state index in [9.17, 15) is 18.0 Å². The van der Waals surface area contributed by atoms with Crippen LogP contribution in [0.15, 0.2) is 112 Å². The highest BCUT2D eigenvalue weighted by Crippen LogP contribution is 2.31. The first-order chi connectivity index (χ1) is 22.7. The quantitative estimate of drug-likeness (QED) is 0.167. The number of anilines is 1. The largest absolute Gasteiger partial charge is 0.496 e. The zero-order valence-corrected chi connectivity index (χ0v) is 29.0. The molecule has 4 aromatic rings. The number of amides is 2. The molecule has 0 aliphatic heterocycles. The highest BCUT2D eigenvalue weighted by atomic mass is 79.9. The van der Waals surface area contributed by atoms with E-state index < -0.39 is 28.5 Å². The summed E-state index contributed by atoms with van der Waals surface area (Å²) >= 11 is 3.40. The van der Waals surface area contributed by atoms with Crippen LogP contribution in [0.2, 0.25) is 0 Å². The Bertz CT molecular complexity index is 1760. The van der Waals surface area contributed by atoms with Crippen molar-refractivity contribution in [3.8, 4) is 5.75 Å². The first-order valence-electron chi connectivity index (χ1n) is 15.8. The highest BCUT2D eigenvalue weighted by Gasteiger charge is 2.35. The minimum atomic E-state index is -4.24. The van der Waals surface area contributed by atoms with E-state index in [0.29, 0.717) is 15.9 Å². The Labute approximate surface area is 285 Å². The average Bonchev–Trinajstić information content (AvgIpc) is 3.59. The van der Waals surface area contributed by atoms with E-state index in [-0.39, 0.29) is 29.8 Å². The Hall–Kier alpha value is -4.15. The number of rotatable bonds is 13. The molecule has 4 aromatic carbocycles. The fraction of sp³-hybridized carbons (Fsp3) is 0.297. The van der Waals surface area contributed by atoms with Crippen LogP contribution in [0.5, 0.6) is 5.75 Å². The molecule has 1 atom stereocenters. The summed E-state index contributed by atoms with van der Waals surface area (Å²) in [4.78, 5) is 30.3. The second-order valence-electron chi connectivity index (χ2n) is 11.8. The first-order valence-corrected chi connectivity index (χ1v) is 18.0. The lowest BCUT2D eigenvalue weighted by atomic mass is 10.0. The molecule has 1 aliphatic rings. The van der Waals surface area contributed by atoms with Gasteiger partial charge in [-0.2, -0.15) is 0 Å². The van der Waals surface area contributed by atoms with Gasteiger partial charge in [-0.05, 0) is 77.2 Å². The van der Waals surface area contributed by atoms with Gasteiger partial charge >= 0.3 is 0 Å². The molecule has 0 saturated heterocycles. The van der Waals surface area contributed by atoms with Crippen LogP contribution in [0, 0.1) is 6.92 Å². The number of hydrogen-bond acceptors (Lipinski definition) is 5. The van der Waals surface area contributed by atoms with Gasteiger partial charge in [-0.3, -0.25) is 13.9 Å². The van der Waals surface area contributed by atoms with Gasteiger partial charge in [0.15, 0.2) is 0 Å². The fourth-order valence-corrected chi connectivity index (χ4v) is 8.01. The SMILES string of the molecule is COc1ccc(S(=O)(=O)N(CC(=O)N(Cc2ccccc2)[C@@H](Cc2ccccc2)C(=O)NC2CCCC2)c2ccc(C)cc2)cc1Br. The van der Waals surface area contributed by atoms with Crippen LogP contribution in [0.3, 0.4) is 0 Å². The molecule has 246 valence electrons. The van der Waals surface area contributed by atoms with Crippen LogP contribution in [0.25, 0.3) is 0 Å². The lowest BCUT2D eigenvalue weighted by molar-refractivity contribution is -0.140. The normalized spacial score (nSPS) is 13.9. The van der Waals surface area contributed by atoms with Crippen molar-refractivity contribution >= 4 is 43.5 Å². The van der Waals surface area contributed by atoms with Crippen LogP contribution < -0.4 is 14.4 Å². The average molecular weight is 719 g/mol. The van der Waals surface area contributed by atoms with Crippen LogP contribution >= 0.6 is 15.9 Å². The molecule has 1 saturated carbocycles. The number of carbonyl (C=O) groups is 2. The highest BCUT2D eigenvalue weighted by molar-refractivity contribution is 9.10. The van der Waals surface area contributed by atoms with Gasteiger partial charge in [-0.25, -0.2) is 8.42 Å². The van der Waals surface area contributed by atoms with Gasteiger partial charge < -0.3 is 15.0 Å². The molecule has 1 fully saturated rings. The number of methoxy groups -OCH3 is 1. The van der Waals surface area contributed by atoms with E-state index in [1.165, 1.54) is 24.1 Å². The summed E-state index contributed by atoms with van der Waals surface area (Å²) in [6, 6.07) is 29.7. The zero-order chi connectivity index (χ0) is 33.4.